The van der Waals surface area contributed by atoms with E-state index in [0.29, 0.717) is 11.6 Å². The molecule has 0 aromatic carbocycles. The highest BCUT2D eigenvalue weighted by Crippen LogP contribution is 2.29. The molecule has 0 spiro atoms. The number of fused-ring (bicyclic) bond motifs is 1. The first-order valence-corrected chi connectivity index (χ1v) is 6.02. The van der Waals surface area contributed by atoms with Crippen LogP contribution in [0.2, 0.25) is 0 Å². The number of rotatable bonds is 1. The Labute approximate surface area is 101 Å². The Morgan fingerprint density at radius 3 is 2.81 bits per heavy atom. The molecule has 1 aliphatic carbocycles. The summed E-state index contributed by atoms with van der Waals surface area (Å²) >= 11 is 3.28. The van der Waals surface area contributed by atoms with Crippen molar-refractivity contribution in [2.45, 2.75) is 18.8 Å². The summed E-state index contributed by atoms with van der Waals surface area (Å²) in [7, 11) is 0. The van der Waals surface area contributed by atoms with Gasteiger partial charge in [0.15, 0.2) is 11.5 Å². The van der Waals surface area contributed by atoms with Crippen LogP contribution in [0.5, 0.6) is 0 Å². The van der Waals surface area contributed by atoms with E-state index < -0.39 is 0 Å². The van der Waals surface area contributed by atoms with E-state index >= 15 is 0 Å². The van der Waals surface area contributed by atoms with Crippen LogP contribution >= 0.6 is 15.9 Å². The minimum Gasteiger partial charge on any atom is -0.303 e. The number of halogens is 2. The van der Waals surface area contributed by atoms with Gasteiger partial charge in [0.2, 0.25) is 0 Å². The molecule has 4 heteroatoms. The first-order chi connectivity index (χ1) is 7.74. The van der Waals surface area contributed by atoms with Crippen molar-refractivity contribution < 1.29 is 4.39 Å². The van der Waals surface area contributed by atoms with Crippen LogP contribution in [0.1, 0.15) is 24.5 Å². The molecule has 0 fully saturated rings. The molecule has 2 nitrogen and oxygen atoms in total. The lowest BCUT2D eigenvalue weighted by Crippen LogP contribution is -1.92. The van der Waals surface area contributed by atoms with Gasteiger partial charge in [0.05, 0.1) is 5.69 Å². The van der Waals surface area contributed by atoms with Crippen molar-refractivity contribution in [3.8, 4) is 0 Å². The van der Waals surface area contributed by atoms with Crippen LogP contribution in [-0.2, 0) is 0 Å². The zero-order chi connectivity index (χ0) is 11.1. The van der Waals surface area contributed by atoms with Crippen molar-refractivity contribution in [1.29, 1.82) is 0 Å². The van der Waals surface area contributed by atoms with Gasteiger partial charge >= 0.3 is 0 Å². The van der Waals surface area contributed by atoms with Crippen LogP contribution in [0.4, 0.5) is 4.39 Å². The second-order valence-electron chi connectivity index (χ2n) is 4.04. The predicted octanol–water partition coefficient (Wildman–Crippen LogP) is 3.67. The van der Waals surface area contributed by atoms with Gasteiger partial charge in [-0.1, -0.05) is 12.2 Å². The SMILES string of the molecule is Fc1cc(Br)cn2cc(C3CC=CC3)nc12. The molecule has 16 heavy (non-hydrogen) atoms. The lowest BCUT2D eigenvalue weighted by molar-refractivity contribution is 0.628. The molecule has 82 valence electrons. The van der Waals surface area contributed by atoms with E-state index in [1.807, 2.05) is 12.4 Å². The van der Waals surface area contributed by atoms with E-state index in [2.05, 4.69) is 33.1 Å². The Hall–Kier alpha value is -1.16. The van der Waals surface area contributed by atoms with Crippen LogP contribution < -0.4 is 0 Å². The molecule has 1 aliphatic rings. The zero-order valence-electron chi connectivity index (χ0n) is 8.53. The molecular formula is C12H10BrFN2. The van der Waals surface area contributed by atoms with Crippen molar-refractivity contribution in [3.63, 3.8) is 0 Å². The molecule has 0 amide bonds. The molecule has 0 bridgehead atoms. The summed E-state index contributed by atoms with van der Waals surface area (Å²) in [6, 6.07) is 1.44. The number of hydrogen-bond donors (Lipinski definition) is 0. The summed E-state index contributed by atoms with van der Waals surface area (Å²) in [5.41, 5.74) is 1.38. The van der Waals surface area contributed by atoms with E-state index in [1.54, 1.807) is 4.40 Å². The summed E-state index contributed by atoms with van der Waals surface area (Å²) < 4.78 is 16.1. The number of aromatic nitrogens is 2. The number of imidazole rings is 1. The Bertz CT molecular complexity index is 566. The Morgan fingerprint density at radius 1 is 1.31 bits per heavy atom. The highest BCUT2D eigenvalue weighted by molar-refractivity contribution is 9.10. The second-order valence-corrected chi connectivity index (χ2v) is 4.96. The lowest BCUT2D eigenvalue weighted by atomic mass is 10.0. The van der Waals surface area contributed by atoms with Gasteiger partial charge in [-0.15, -0.1) is 0 Å². The summed E-state index contributed by atoms with van der Waals surface area (Å²) in [5, 5.41) is 0. The van der Waals surface area contributed by atoms with E-state index in [1.165, 1.54) is 6.07 Å². The Morgan fingerprint density at radius 2 is 2.06 bits per heavy atom. The third kappa shape index (κ3) is 1.57. The van der Waals surface area contributed by atoms with Crippen molar-refractivity contribution in [1.82, 2.24) is 9.38 Å². The van der Waals surface area contributed by atoms with Gasteiger partial charge in [0, 0.05) is 22.8 Å². The monoisotopic (exact) mass is 280 g/mol. The summed E-state index contributed by atoms with van der Waals surface area (Å²) in [6.07, 6.45) is 10.1. The molecule has 2 heterocycles. The minimum absolute atomic E-state index is 0.286. The molecule has 0 N–H and O–H groups in total. The Balaban J connectivity index is 2.11. The minimum atomic E-state index is -0.286. The van der Waals surface area contributed by atoms with Crippen LogP contribution in [0.25, 0.3) is 5.65 Å². The molecule has 2 aromatic rings. The van der Waals surface area contributed by atoms with Gasteiger partial charge in [-0.25, -0.2) is 9.37 Å². The van der Waals surface area contributed by atoms with Gasteiger partial charge in [0.25, 0.3) is 0 Å². The molecule has 0 unspecified atom stereocenters. The van der Waals surface area contributed by atoms with Crippen molar-refractivity contribution in [2.24, 2.45) is 0 Å². The summed E-state index contributed by atoms with van der Waals surface area (Å²) in [5.74, 6) is 0.129. The first kappa shape index (κ1) is 10.0. The molecule has 2 aromatic heterocycles. The number of nitrogens with zero attached hydrogens (tertiary/aromatic N) is 2. The van der Waals surface area contributed by atoms with E-state index in [9.17, 15) is 4.39 Å². The summed E-state index contributed by atoms with van der Waals surface area (Å²) in [4.78, 5) is 4.36. The maximum absolute atomic E-state index is 13.6. The van der Waals surface area contributed by atoms with Crippen LogP contribution in [0.15, 0.2) is 35.1 Å². The molecule has 0 radical (unpaired) electrons. The van der Waals surface area contributed by atoms with Crippen molar-refractivity contribution >= 4 is 21.6 Å². The molecule has 0 saturated carbocycles. The highest BCUT2D eigenvalue weighted by atomic mass is 79.9. The third-order valence-electron chi connectivity index (χ3n) is 2.92. The smallest absolute Gasteiger partial charge is 0.173 e. The summed E-state index contributed by atoms with van der Waals surface area (Å²) in [6.45, 7) is 0. The van der Waals surface area contributed by atoms with Crippen molar-refractivity contribution in [2.75, 3.05) is 0 Å². The molecule has 0 saturated heterocycles. The van der Waals surface area contributed by atoms with Gasteiger partial charge in [0.1, 0.15) is 0 Å². The standard InChI is InChI=1S/C12H10BrFN2/c13-9-5-10(14)12-15-11(7-16(12)6-9)8-3-1-2-4-8/h1-2,5-8H,3-4H2. The molecule has 0 aliphatic heterocycles. The first-order valence-electron chi connectivity index (χ1n) is 5.22. The van der Waals surface area contributed by atoms with Crippen molar-refractivity contribution in [3.05, 3.63) is 46.6 Å². The number of allylic oxidation sites excluding steroid dienone is 2. The number of hydrogen-bond acceptors (Lipinski definition) is 1. The average molecular weight is 281 g/mol. The fraction of sp³-hybridized carbons (Fsp3) is 0.250. The van der Waals surface area contributed by atoms with Crippen LogP contribution in [-0.4, -0.2) is 9.38 Å². The third-order valence-corrected chi connectivity index (χ3v) is 3.35. The fourth-order valence-corrected chi connectivity index (χ4v) is 2.52. The van der Waals surface area contributed by atoms with Gasteiger partial charge in [-0.3, -0.25) is 0 Å². The maximum atomic E-state index is 13.6. The van der Waals surface area contributed by atoms with Crippen LogP contribution in [0.3, 0.4) is 0 Å². The highest BCUT2D eigenvalue weighted by Gasteiger charge is 2.17. The average Bonchev–Trinajstić information content (AvgIpc) is 2.82. The number of pyridine rings is 1. The van der Waals surface area contributed by atoms with Gasteiger partial charge < -0.3 is 4.40 Å². The predicted molar refractivity (Wildman–Crippen MR) is 64.0 cm³/mol. The fourth-order valence-electron chi connectivity index (χ4n) is 2.10. The lowest BCUT2D eigenvalue weighted by Gasteiger charge is -2.02. The molecule has 3 rings (SSSR count). The maximum Gasteiger partial charge on any atom is 0.173 e. The van der Waals surface area contributed by atoms with Crippen LogP contribution in [0, 0.1) is 5.82 Å². The largest absolute Gasteiger partial charge is 0.303 e. The van der Waals surface area contributed by atoms with Gasteiger partial charge in [-0.05, 0) is 34.8 Å². The quantitative estimate of drug-likeness (QED) is 0.729. The molecule has 0 atom stereocenters. The second kappa shape index (κ2) is 3.70. The molecular weight excluding hydrogens is 271 g/mol. The topological polar surface area (TPSA) is 17.3 Å². The normalized spacial score (nSPS) is 16.4. The zero-order valence-corrected chi connectivity index (χ0v) is 10.1. The van der Waals surface area contributed by atoms with Gasteiger partial charge in [-0.2, -0.15) is 0 Å². The van der Waals surface area contributed by atoms with E-state index in [-0.39, 0.29) is 5.82 Å². The van der Waals surface area contributed by atoms with E-state index in [4.69, 9.17) is 0 Å². The Kier molecular flexibility index (Phi) is 2.32. The van der Waals surface area contributed by atoms with E-state index in [0.717, 1.165) is 23.0 Å².